The fraction of sp³-hybridized carbons (Fsp3) is 0.100. The van der Waals surface area contributed by atoms with Crippen molar-refractivity contribution < 1.29 is 4.39 Å². The first kappa shape index (κ1) is 20.0. The number of nitrogen functional groups attached to an aromatic ring is 2. The average Bonchev–Trinajstić information content (AvgIpc) is 3.07. The highest BCUT2D eigenvalue weighted by molar-refractivity contribution is 6.30. The maximum absolute atomic E-state index is 13.4. The molecule has 4 rings (SSSR count). The van der Waals surface area contributed by atoms with Crippen molar-refractivity contribution in [2.45, 2.75) is 13.3 Å². The number of fused-ring (bicyclic) bond motifs is 1. The third-order valence-electron chi connectivity index (χ3n) is 4.12. The lowest BCUT2D eigenvalue weighted by atomic mass is 10.1. The van der Waals surface area contributed by atoms with Crippen LogP contribution in [0.1, 0.15) is 18.2 Å². The summed E-state index contributed by atoms with van der Waals surface area (Å²) >= 11 is 5.91. The second-order valence-corrected chi connectivity index (χ2v) is 6.41. The van der Waals surface area contributed by atoms with Gasteiger partial charge in [0.25, 0.3) is 0 Å². The Morgan fingerprint density at radius 1 is 1.10 bits per heavy atom. The summed E-state index contributed by atoms with van der Waals surface area (Å²) in [5.74, 6) is -0.0345. The molecule has 0 aliphatic rings. The summed E-state index contributed by atoms with van der Waals surface area (Å²) in [4.78, 5) is 11.7. The molecule has 0 atom stereocenters. The molecule has 3 aromatic heterocycles. The predicted molar refractivity (Wildman–Crippen MR) is 111 cm³/mol. The first-order valence-corrected chi connectivity index (χ1v) is 9.00. The third kappa shape index (κ3) is 4.25. The molecule has 0 saturated carbocycles. The van der Waals surface area contributed by atoms with Crippen LogP contribution in [-0.4, -0.2) is 19.4 Å². The molecule has 1 aromatic carbocycles. The minimum atomic E-state index is -0.275. The number of hydrogen-bond donors (Lipinski definition) is 2. The van der Waals surface area contributed by atoms with E-state index in [4.69, 9.17) is 28.3 Å². The van der Waals surface area contributed by atoms with Crippen molar-refractivity contribution in [3.05, 3.63) is 71.0 Å². The molecule has 146 valence electrons. The van der Waals surface area contributed by atoms with Crippen molar-refractivity contribution in [3.63, 3.8) is 0 Å². The molecule has 0 bridgehead atoms. The van der Waals surface area contributed by atoms with Gasteiger partial charge < -0.3 is 11.5 Å². The van der Waals surface area contributed by atoms with Gasteiger partial charge in [-0.1, -0.05) is 30.7 Å². The number of imidazole rings is 1. The van der Waals surface area contributed by atoms with E-state index in [1.165, 1.54) is 18.6 Å². The Balaban J connectivity index is 0.000000204. The van der Waals surface area contributed by atoms with E-state index in [0.717, 1.165) is 29.0 Å². The van der Waals surface area contributed by atoms with Crippen LogP contribution in [0.3, 0.4) is 0 Å². The van der Waals surface area contributed by atoms with E-state index in [0.29, 0.717) is 5.02 Å². The van der Waals surface area contributed by atoms with Crippen molar-refractivity contribution in [1.82, 2.24) is 19.4 Å². The molecular formula is C20H17ClFN7. The quantitative estimate of drug-likeness (QED) is 0.518. The molecule has 0 radical (unpaired) electrons. The van der Waals surface area contributed by atoms with Gasteiger partial charge in [0, 0.05) is 16.8 Å². The Hall–Kier alpha value is -3.70. The first-order chi connectivity index (χ1) is 13.9. The average molecular weight is 410 g/mol. The molecule has 0 fully saturated rings. The standard InChI is InChI=1S/C15H12ClFN2.C5H5N5/c1-2-13-15(10-3-5-11(16)6-4-10)19-9-12(17)7-8-14(19)18-13;6-1-3-4(7)9-2-10-5(3)8/h3-9H,2H2,1H3;2H,(H4,7,8,9,10). The van der Waals surface area contributed by atoms with Crippen molar-refractivity contribution in [2.75, 3.05) is 11.5 Å². The number of aryl methyl sites for hydroxylation is 1. The van der Waals surface area contributed by atoms with E-state index in [9.17, 15) is 4.39 Å². The van der Waals surface area contributed by atoms with E-state index in [1.807, 2.05) is 31.2 Å². The second-order valence-electron chi connectivity index (χ2n) is 5.97. The van der Waals surface area contributed by atoms with Gasteiger partial charge in [-0.25, -0.2) is 19.3 Å². The molecule has 0 saturated heterocycles. The fourth-order valence-electron chi connectivity index (χ4n) is 2.76. The van der Waals surface area contributed by atoms with Crippen LogP contribution in [0, 0.1) is 17.1 Å². The van der Waals surface area contributed by atoms with Crippen LogP contribution in [0.5, 0.6) is 0 Å². The highest BCUT2D eigenvalue weighted by Crippen LogP contribution is 2.27. The zero-order valence-electron chi connectivity index (χ0n) is 15.5. The monoisotopic (exact) mass is 409 g/mol. The van der Waals surface area contributed by atoms with Gasteiger partial charge in [0.05, 0.1) is 11.4 Å². The largest absolute Gasteiger partial charge is 0.382 e. The van der Waals surface area contributed by atoms with Gasteiger partial charge >= 0.3 is 0 Å². The fourth-order valence-corrected chi connectivity index (χ4v) is 2.88. The topological polar surface area (TPSA) is 119 Å². The summed E-state index contributed by atoms with van der Waals surface area (Å²) in [6, 6.07) is 12.4. The predicted octanol–water partition coefficient (Wildman–Crippen LogP) is 3.87. The molecule has 4 N–H and O–H groups in total. The number of halogens is 2. The van der Waals surface area contributed by atoms with E-state index in [-0.39, 0.29) is 23.0 Å². The molecule has 3 heterocycles. The number of benzene rings is 1. The number of rotatable bonds is 2. The Morgan fingerprint density at radius 3 is 2.31 bits per heavy atom. The van der Waals surface area contributed by atoms with Crippen LogP contribution < -0.4 is 11.5 Å². The summed E-state index contributed by atoms with van der Waals surface area (Å²) in [6.45, 7) is 2.04. The summed E-state index contributed by atoms with van der Waals surface area (Å²) < 4.78 is 15.2. The van der Waals surface area contributed by atoms with Gasteiger partial charge in [0.15, 0.2) is 0 Å². The van der Waals surface area contributed by atoms with Gasteiger partial charge in [-0.05, 0) is 30.7 Å². The highest BCUT2D eigenvalue weighted by Gasteiger charge is 2.13. The molecule has 0 unspecified atom stereocenters. The van der Waals surface area contributed by atoms with Crippen molar-refractivity contribution in [1.29, 1.82) is 5.26 Å². The van der Waals surface area contributed by atoms with Crippen LogP contribution in [0.4, 0.5) is 16.0 Å². The van der Waals surface area contributed by atoms with Crippen molar-refractivity contribution in [2.24, 2.45) is 0 Å². The van der Waals surface area contributed by atoms with E-state index in [2.05, 4.69) is 15.0 Å². The highest BCUT2D eigenvalue weighted by atomic mass is 35.5. The SMILES string of the molecule is CCc1nc2ccc(F)cn2c1-c1ccc(Cl)cc1.N#Cc1c(N)ncnc1N. The molecule has 0 aliphatic carbocycles. The van der Waals surface area contributed by atoms with Gasteiger partial charge in [-0.3, -0.25) is 4.40 Å². The maximum atomic E-state index is 13.4. The van der Waals surface area contributed by atoms with Crippen LogP contribution in [0.25, 0.3) is 16.9 Å². The van der Waals surface area contributed by atoms with Gasteiger partial charge in [0.2, 0.25) is 0 Å². The molecule has 0 amide bonds. The summed E-state index contributed by atoms with van der Waals surface area (Å²) in [7, 11) is 0. The molecular weight excluding hydrogens is 393 g/mol. The summed E-state index contributed by atoms with van der Waals surface area (Å²) in [5, 5.41) is 9.09. The second kappa shape index (κ2) is 8.54. The number of hydrogen-bond acceptors (Lipinski definition) is 6. The molecule has 9 heteroatoms. The Kier molecular flexibility index (Phi) is 5.90. The zero-order chi connectivity index (χ0) is 21.0. The lowest BCUT2D eigenvalue weighted by molar-refractivity contribution is 0.619. The molecule has 29 heavy (non-hydrogen) atoms. The minimum Gasteiger partial charge on any atom is -0.382 e. The number of anilines is 2. The van der Waals surface area contributed by atoms with Crippen LogP contribution in [0.2, 0.25) is 5.02 Å². The smallest absolute Gasteiger partial charge is 0.146 e. The molecule has 0 spiro atoms. The Morgan fingerprint density at radius 2 is 1.76 bits per heavy atom. The van der Waals surface area contributed by atoms with Crippen LogP contribution >= 0.6 is 11.6 Å². The normalized spacial score (nSPS) is 10.3. The molecule has 7 nitrogen and oxygen atoms in total. The number of nitrogens with zero attached hydrogens (tertiary/aromatic N) is 5. The lowest BCUT2D eigenvalue weighted by Crippen LogP contribution is -2.01. The van der Waals surface area contributed by atoms with Gasteiger partial charge in [0.1, 0.15) is 41.1 Å². The number of nitrogens with two attached hydrogens (primary N) is 2. The van der Waals surface area contributed by atoms with Gasteiger partial charge in [-0.2, -0.15) is 5.26 Å². The van der Waals surface area contributed by atoms with E-state index >= 15 is 0 Å². The number of pyridine rings is 1. The molecule has 4 aromatic rings. The third-order valence-corrected chi connectivity index (χ3v) is 4.38. The van der Waals surface area contributed by atoms with Crippen molar-refractivity contribution in [3.8, 4) is 17.3 Å². The molecule has 0 aliphatic heterocycles. The summed E-state index contributed by atoms with van der Waals surface area (Å²) in [5.41, 5.74) is 14.3. The Bertz CT molecular complexity index is 1180. The number of nitriles is 1. The lowest BCUT2D eigenvalue weighted by Gasteiger charge is -2.04. The van der Waals surface area contributed by atoms with Crippen LogP contribution in [-0.2, 0) is 6.42 Å². The van der Waals surface area contributed by atoms with Gasteiger partial charge in [-0.15, -0.1) is 0 Å². The first-order valence-electron chi connectivity index (χ1n) is 8.63. The minimum absolute atomic E-state index is 0.120. The van der Waals surface area contributed by atoms with E-state index in [1.54, 1.807) is 16.5 Å². The number of aromatic nitrogens is 4. The summed E-state index contributed by atoms with van der Waals surface area (Å²) in [6.07, 6.45) is 3.47. The Labute approximate surface area is 171 Å². The zero-order valence-corrected chi connectivity index (χ0v) is 16.2. The van der Waals surface area contributed by atoms with Crippen molar-refractivity contribution >= 4 is 28.9 Å². The van der Waals surface area contributed by atoms with Crippen LogP contribution in [0.15, 0.2) is 48.9 Å². The maximum Gasteiger partial charge on any atom is 0.146 e. The van der Waals surface area contributed by atoms with E-state index < -0.39 is 0 Å².